The van der Waals surface area contributed by atoms with Crippen LogP contribution < -0.4 is 10.1 Å². The highest BCUT2D eigenvalue weighted by atomic mass is 16.5. The lowest BCUT2D eigenvalue weighted by Gasteiger charge is -2.35. The van der Waals surface area contributed by atoms with E-state index in [4.69, 9.17) is 4.74 Å². The molecule has 5 heteroatoms. The van der Waals surface area contributed by atoms with Gasteiger partial charge in [0.05, 0.1) is 12.7 Å². The molecular weight excluding hydrogens is 306 g/mol. The molecule has 0 aliphatic heterocycles. The number of hydrogen-bond donors (Lipinski definition) is 1. The average molecular weight is 333 g/mol. The summed E-state index contributed by atoms with van der Waals surface area (Å²) in [6.45, 7) is 6.18. The molecule has 1 aliphatic carbocycles. The summed E-state index contributed by atoms with van der Waals surface area (Å²) in [5, 5.41) is 3.12. The van der Waals surface area contributed by atoms with Crippen LogP contribution in [0.15, 0.2) is 24.3 Å². The first kappa shape index (κ1) is 18.3. The molecule has 4 atom stereocenters. The Bertz CT molecular complexity index is 569. The largest absolute Gasteiger partial charge is 0.481 e. The van der Waals surface area contributed by atoms with Gasteiger partial charge in [-0.15, -0.1) is 0 Å². The third-order valence-corrected chi connectivity index (χ3v) is 4.99. The van der Waals surface area contributed by atoms with Gasteiger partial charge in [-0.1, -0.05) is 26.7 Å². The second-order valence-electron chi connectivity index (χ2n) is 6.66. The normalized spacial score (nSPS) is 24.8. The lowest BCUT2D eigenvalue weighted by Crippen LogP contribution is -2.48. The lowest BCUT2D eigenvalue weighted by atomic mass is 9.78. The number of amides is 1. The maximum absolute atomic E-state index is 12.4. The molecule has 1 amide bonds. The molecule has 0 radical (unpaired) electrons. The Balaban J connectivity index is 1.90. The highest BCUT2D eigenvalue weighted by Gasteiger charge is 2.29. The molecule has 0 aromatic heterocycles. The summed E-state index contributed by atoms with van der Waals surface area (Å²) in [5.41, 5.74) is 0.451. The molecule has 2 rings (SSSR count). The van der Waals surface area contributed by atoms with Gasteiger partial charge in [-0.05, 0) is 49.4 Å². The van der Waals surface area contributed by atoms with Crippen molar-refractivity contribution in [2.75, 3.05) is 7.11 Å². The third-order valence-electron chi connectivity index (χ3n) is 4.99. The Hall–Kier alpha value is -2.04. The van der Waals surface area contributed by atoms with Crippen molar-refractivity contribution in [2.24, 2.45) is 11.8 Å². The third kappa shape index (κ3) is 4.49. The van der Waals surface area contributed by atoms with E-state index in [2.05, 4.69) is 23.9 Å². The maximum atomic E-state index is 12.4. The van der Waals surface area contributed by atoms with Gasteiger partial charge >= 0.3 is 5.97 Å². The molecule has 0 unspecified atom stereocenters. The Kier molecular flexibility index (Phi) is 6.23. The minimum Gasteiger partial charge on any atom is -0.481 e. The van der Waals surface area contributed by atoms with E-state index in [1.54, 1.807) is 31.2 Å². The van der Waals surface area contributed by atoms with Crippen LogP contribution in [0, 0.1) is 11.8 Å². The van der Waals surface area contributed by atoms with E-state index < -0.39 is 12.1 Å². The summed E-state index contributed by atoms with van der Waals surface area (Å²) in [6, 6.07) is 6.80. The summed E-state index contributed by atoms with van der Waals surface area (Å²) in [6.07, 6.45) is 2.82. The first-order valence-corrected chi connectivity index (χ1v) is 8.57. The van der Waals surface area contributed by atoms with Gasteiger partial charge in [0.15, 0.2) is 6.10 Å². The predicted molar refractivity (Wildman–Crippen MR) is 92.0 cm³/mol. The molecule has 0 bridgehead atoms. The zero-order valence-electron chi connectivity index (χ0n) is 14.9. The number of hydrogen-bond acceptors (Lipinski definition) is 4. The predicted octanol–water partition coefficient (Wildman–Crippen LogP) is 3.18. The van der Waals surface area contributed by atoms with Crippen molar-refractivity contribution < 1.29 is 19.1 Å². The van der Waals surface area contributed by atoms with Gasteiger partial charge in [-0.2, -0.15) is 0 Å². The Morgan fingerprint density at radius 2 is 1.83 bits per heavy atom. The number of carbonyl (C=O) groups excluding carboxylic acids is 2. The molecule has 1 aromatic rings. The number of esters is 1. The number of ether oxygens (including phenoxy) is 2. The van der Waals surface area contributed by atoms with Crippen molar-refractivity contribution in [2.45, 2.75) is 52.2 Å². The van der Waals surface area contributed by atoms with Crippen molar-refractivity contribution in [1.29, 1.82) is 0 Å². The van der Waals surface area contributed by atoms with Gasteiger partial charge in [0.1, 0.15) is 5.75 Å². The van der Waals surface area contributed by atoms with E-state index in [1.807, 2.05) is 0 Å². The van der Waals surface area contributed by atoms with E-state index in [0.29, 0.717) is 23.1 Å². The van der Waals surface area contributed by atoms with Crippen molar-refractivity contribution in [3.8, 4) is 5.75 Å². The molecule has 1 N–H and O–H groups in total. The lowest BCUT2D eigenvalue weighted by molar-refractivity contribution is -0.128. The first-order chi connectivity index (χ1) is 11.4. The average Bonchev–Trinajstić information content (AvgIpc) is 2.58. The molecule has 1 aromatic carbocycles. The minimum atomic E-state index is -0.585. The standard InChI is InChI=1S/C19H27NO4/c1-12-6-5-7-17(13(12)2)20-18(21)14(3)24-16-10-8-15(9-11-16)19(22)23-4/h8-14,17H,5-7H2,1-4H3,(H,20,21)/t12-,13-,14-,17-/m1/s1. The summed E-state index contributed by atoms with van der Waals surface area (Å²) < 4.78 is 10.3. The molecule has 0 heterocycles. The van der Waals surface area contributed by atoms with Crippen molar-refractivity contribution in [1.82, 2.24) is 5.32 Å². The SMILES string of the molecule is COC(=O)c1ccc(O[C@H](C)C(=O)N[C@@H]2CCC[C@@H](C)[C@H]2C)cc1. The number of benzene rings is 1. The summed E-state index contributed by atoms with van der Waals surface area (Å²) in [7, 11) is 1.34. The number of methoxy groups -OCH3 is 1. The van der Waals surface area contributed by atoms with Crippen LogP contribution in [0.25, 0.3) is 0 Å². The van der Waals surface area contributed by atoms with Gasteiger partial charge in [0.25, 0.3) is 5.91 Å². The highest BCUT2D eigenvalue weighted by molar-refractivity contribution is 5.89. The molecule has 1 saturated carbocycles. The zero-order valence-corrected chi connectivity index (χ0v) is 14.9. The smallest absolute Gasteiger partial charge is 0.337 e. The van der Waals surface area contributed by atoms with Gasteiger partial charge in [-0.3, -0.25) is 4.79 Å². The second-order valence-corrected chi connectivity index (χ2v) is 6.66. The van der Waals surface area contributed by atoms with Crippen molar-refractivity contribution in [3.05, 3.63) is 29.8 Å². The Labute approximate surface area is 143 Å². The Morgan fingerprint density at radius 3 is 2.46 bits per heavy atom. The molecule has 132 valence electrons. The van der Waals surface area contributed by atoms with Gasteiger partial charge < -0.3 is 14.8 Å². The fourth-order valence-electron chi connectivity index (χ4n) is 3.13. The van der Waals surface area contributed by atoms with E-state index in [1.165, 1.54) is 13.5 Å². The van der Waals surface area contributed by atoms with Crippen LogP contribution in [0.3, 0.4) is 0 Å². The van der Waals surface area contributed by atoms with E-state index in [0.717, 1.165) is 12.8 Å². The van der Waals surface area contributed by atoms with Crippen LogP contribution in [-0.2, 0) is 9.53 Å². The van der Waals surface area contributed by atoms with Crippen LogP contribution >= 0.6 is 0 Å². The second kappa shape index (κ2) is 8.18. The Morgan fingerprint density at radius 1 is 1.17 bits per heavy atom. The fourth-order valence-corrected chi connectivity index (χ4v) is 3.13. The molecule has 0 saturated heterocycles. The zero-order chi connectivity index (χ0) is 17.7. The maximum Gasteiger partial charge on any atom is 0.337 e. The van der Waals surface area contributed by atoms with Crippen molar-refractivity contribution in [3.63, 3.8) is 0 Å². The first-order valence-electron chi connectivity index (χ1n) is 8.57. The van der Waals surface area contributed by atoms with Crippen molar-refractivity contribution >= 4 is 11.9 Å². The van der Waals surface area contributed by atoms with E-state index in [-0.39, 0.29) is 11.9 Å². The monoisotopic (exact) mass is 333 g/mol. The van der Waals surface area contributed by atoms with Crippen LogP contribution in [0.1, 0.15) is 50.4 Å². The molecule has 24 heavy (non-hydrogen) atoms. The summed E-state index contributed by atoms with van der Waals surface area (Å²) in [4.78, 5) is 23.8. The minimum absolute atomic E-state index is 0.0991. The molecule has 1 aliphatic rings. The molecule has 5 nitrogen and oxygen atoms in total. The summed E-state index contributed by atoms with van der Waals surface area (Å²) >= 11 is 0. The van der Waals surface area contributed by atoms with Crippen LogP contribution in [0.2, 0.25) is 0 Å². The topological polar surface area (TPSA) is 64.6 Å². The highest BCUT2D eigenvalue weighted by Crippen LogP contribution is 2.29. The molecule has 0 spiro atoms. The summed E-state index contributed by atoms with van der Waals surface area (Å²) in [5.74, 6) is 1.17. The van der Waals surface area contributed by atoms with Gasteiger partial charge in [0, 0.05) is 6.04 Å². The molecular formula is C19H27NO4. The quantitative estimate of drug-likeness (QED) is 0.841. The van der Waals surface area contributed by atoms with Gasteiger partial charge in [0.2, 0.25) is 0 Å². The molecule has 1 fully saturated rings. The van der Waals surface area contributed by atoms with E-state index in [9.17, 15) is 9.59 Å². The van der Waals surface area contributed by atoms with E-state index >= 15 is 0 Å². The number of carbonyl (C=O) groups is 2. The van der Waals surface area contributed by atoms with Crippen LogP contribution in [0.5, 0.6) is 5.75 Å². The number of nitrogens with one attached hydrogen (secondary N) is 1. The van der Waals surface area contributed by atoms with Crippen LogP contribution in [0.4, 0.5) is 0 Å². The van der Waals surface area contributed by atoms with Gasteiger partial charge in [-0.25, -0.2) is 4.79 Å². The number of rotatable bonds is 5. The van der Waals surface area contributed by atoms with Crippen LogP contribution in [-0.4, -0.2) is 31.1 Å². The fraction of sp³-hybridized carbons (Fsp3) is 0.579.